The van der Waals surface area contributed by atoms with Crippen LogP contribution in [0.1, 0.15) is 18.4 Å². The van der Waals surface area contributed by atoms with E-state index in [9.17, 15) is 14.0 Å². The molecule has 1 saturated heterocycles. The molecule has 1 aromatic rings. The maximum atomic E-state index is 12.5. The molecular formula is C16H19FN2O3. The van der Waals surface area contributed by atoms with Crippen molar-refractivity contribution < 1.29 is 19.1 Å². The minimum absolute atomic E-state index is 0.0608. The van der Waals surface area contributed by atoms with Crippen LogP contribution in [0.25, 0.3) is 0 Å². The highest BCUT2D eigenvalue weighted by Crippen LogP contribution is 2.33. The number of benzene rings is 1. The molecule has 1 fully saturated rings. The number of anilines is 2. The number of rotatable bonds is 4. The zero-order valence-electron chi connectivity index (χ0n) is 12.3. The van der Waals surface area contributed by atoms with E-state index in [1.165, 1.54) is 4.90 Å². The summed E-state index contributed by atoms with van der Waals surface area (Å²) < 4.78 is 12.5. The summed E-state index contributed by atoms with van der Waals surface area (Å²) in [7, 11) is 0. The number of carbonyl (C=O) groups is 2. The van der Waals surface area contributed by atoms with Crippen LogP contribution in [-0.2, 0) is 16.0 Å². The van der Waals surface area contributed by atoms with Gasteiger partial charge < -0.3 is 14.9 Å². The second-order valence-electron chi connectivity index (χ2n) is 5.82. The van der Waals surface area contributed by atoms with Crippen molar-refractivity contribution in [3.8, 4) is 0 Å². The standard InChI is InChI=1S/C16H19FN2O3/c17-5-8-19-14-2-1-13(9-12(14)10-15(19)20)18-6-3-11(4-7-18)16(21)22/h1-2,9,11H,3-8,10H2,(H,21,22). The third-order valence-electron chi connectivity index (χ3n) is 4.51. The predicted octanol–water partition coefficient (Wildman–Crippen LogP) is 1.85. The Morgan fingerprint density at radius 2 is 2.05 bits per heavy atom. The second-order valence-corrected chi connectivity index (χ2v) is 5.82. The van der Waals surface area contributed by atoms with Gasteiger partial charge in [0.15, 0.2) is 0 Å². The van der Waals surface area contributed by atoms with Crippen molar-refractivity contribution >= 4 is 23.3 Å². The Morgan fingerprint density at radius 3 is 2.68 bits per heavy atom. The van der Waals surface area contributed by atoms with Crippen LogP contribution in [0.15, 0.2) is 18.2 Å². The first-order valence-corrected chi connectivity index (χ1v) is 7.57. The van der Waals surface area contributed by atoms with E-state index in [1.54, 1.807) is 0 Å². The van der Waals surface area contributed by atoms with E-state index in [4.69, 9.17) is 5.11 Å². The number of alkyl halides is 1. The fourth-order valence-electron chi connectivity index (χ4n) is 3.28. The van der Waals surface area contributed by atoms with Crippen LogP contribution in [-0.4, -0.2) is 43.3 Å². The van der Waals surface area contributed by atoms with E-state index in [1.807, 2.05) is 18.2 Å². The number of fused-ring (bicyclic) bond motifs is 1. The predicted molar refractivity (Wildman–Crippen MR) is 81.0 cm³/mol. The number of piperidine rings is 1. The van der Waals surface area contributed by atoms with Crippen molar-refractivity contribution in [3.63, 3.8) is 0 Å². The van der Waals surface area contributed by atoms with Crippen molar-refractivity contribution in [1.82, 2.24) is 0 Å². The highest BCUT2D eigenvalue weighted by Gasteiger charge is 2.29. The first-order valence-electron chi connectivity index (χ1n) is 7.57. The van der Waals surface area contributed by atoms with E-state index < -0.39 is 12.6 Å². The van der Waals surface area contributed by atoms with Gasteiger partial charge in [-0.25, -0.2) is 4.39 Å². The lowest BCUT2D eigenvalue weighted by molar-refractivity contribution is -0.142. The van der Waals surface area contributed by atoms with E-state index >= 15 is 0 Å². The molecule has 0 aromatic heterocycles. The number of aliphatic carboxylic acids is 1. The Hall–Kier alpha value is -2.11. The van der Waals surface area contributed by atoms with Crippen LogP contribution in [0.5, 0.6) is 0 Å². The lowest BCUT2D eigenvalue weighted by atomic mass is 9.96. The highest BCUT2D eigenvalue weighted by molar-refractivity contribution is 6.01. The first-order chi connectivity index (χ1) is 10.6. The summed E-state index contributed by atoms with van der Waals surface area (Å²) in [5.41, 5.74) is 2.74. The van der Waals surface area contributed by atoms with Gasteiger partial charge in [0.05, 0.1) is 18.9 Å². The van der Waals surface area contributed by atoms with Crippen molar-refractivity contribution in [2.75, 3.05) is 36.1 Å². The maximum Gasteiger partial charge on any atom is 0.306 e. The molecule has 2 heterocycles. The molecule has 0 atom stereocenters. The molecule has 5 nitrogen and oxygen atoms in total. The van der Waals surface area contributed by atoms with Crippen LogP contribution in [0.4, 0.5) is 15.8 Å². The number of halogens is 1. The monoisotopic (exact) mass is 306 g/mol. The zero-order chi connectivity index (χ0) is 15.7. The van der Waals surface area contributed by atoms with Gasteiger partial charge in [-0.05, 0) is 36.6 Å². The summed E-state index contributed by atoms with van der Waals surface area (Å²) in [6, 6.07) is 5.78. The van der Waals surface area contributed by atoms with Crippen LogP contribution < -0.4 is 9.80 Å². The molecule has 0 saturated carbocycles. The SMILES string of the molecule is O=C(O)C1CCN(c2ccc3c(c2)CC(=O)N3CCF)CC1. The zero-order valence-corrected chi connectivity index (χ0v) is 12.3. The summed E-state index contributed by atoms with van der Waals surface area (Å²) in [4.78, 5) is 26.6. The molecular weight excluding hydrogens is 287 g/mol. The molecule has 6 heteroatoms. The number of amides is 1. The molecule has 0 spiro atoms. The molecule has 2 aliphatic heterocycles. The van der Waals surface area contributed by atoms with Gasteiger partial charge in [-0.15, -0.1) is 0 Å². The quantitative estimate of drug-likeness (QED) is 0.922. The van der Waals surface area contributed by atoms with E-state index in [2.05, 4.69) is 4.90 Å². The number of carbonyl (C=O) groups excluding carboxylic acids is 1. The summed E-state index contributed by atoms with van der Waals surface area (Å²) >= 11 is 0. The smallest absolute Gasteiger partial charge is 0.306 e. The minimum atomic E-state index is -0.721. The number of carboxylic acids is 1. The Balaban J connectivity index is 1.74. The molecule has 0 unspecified atom stereocenters. The fourth-order valence-corrected chi connectivity index (χ4v) is 3.28. The van der Waals surface area contributed by atoms with Crippen molar-refractivity contribution in [3.05, 3.63) is 23.8 Å². The maximum absolute atomic E-state index is 12.5. The lowest BCUT2D eigenvalue weighted by Crippen LogP contribution is -2.36. The molecule has 3 rings (SSSR count). The number of carboxylic acid groups (broad SMARTS) is 1. The van der Waals surface area contributed by atoms with Gasteiger partial charge in [0.1, 0.15) is 6.67 Å². The van der Waals surface area contributed by atoms with E-state index in [0.717, 1.165) is 16.9 Å². The molecule has 0 aliphatic carbocycles. The molecule has 118 valence electrons. The van der Waals surface area contributed by atoms with Gasteiger partial charge in [-0.1, -0.05) is 0 Å². The van der Waals surface area contributed by atoms with Gasteiger partial charge >= 0.3 is 5.97 Å². The highest BCUT2D eigenvalue weighted by atomic mass is 19.1. The molecule has 0 bridgehead atoms. The van der Waals surface area contributed by atoms with Gasteiger partial charge in [0.25, 0.3) is 0 Å². The summed E-state index contributed by atoms with van der Waals surface area (Å²) in [6.45, 7) is 0.973. The summed E-state index contributed by atoms with van der Waals surface area (Å²) in [5.74, 6) is -1.04. The number of hydrogen-bond acceptors (Lipinski definition) is 3. The topological polar surface area (TPSA) is 60.9 Å². The van der Waals surface area contributed by atoms with Crippen molar-refractivity contribution in [2.45, 2.75) is 19.3 Å². The average molecular weight is 306 g/mol. The Bertz CT molecular complexity index is 597. The lowest BCUT2D eigenvalue weighted by Gasteiger charge is -2.32. The summed E-state index contributed by atoms with van der Waals surface area (Å²) in [6.07, 6.45) is 1.59. The van der Waals surface area contributed by atoms with Gasteiger partial charge in [-0.2, -0.15) is 0 Å². The molecule has 0 radical (unpaired) electrons. The van der Waals surface area contributed by atoms with Crippen LogP contribution in [0.2, 0.25) is 0 Å². The molecule has 1 N–H and O–H groups in total. The van der Waals surface area contributed by atoms with Crippen LogP contribution in [0.3, 0.4) is 0 Å². The molecule has 1 amide bonds. The average Bonchev–Trinajstić information content (AvgIpc) is 2.83. The largest absolute Gasteiger partial charge is 0.481 e. The Kier molecular flexibility index (Phi) is 4.00. The minimum Gasteiger partial charge on any atom is -0.481 e. The van der Waals surface area contributed by atoms with E-state index in [0.29, 0.717) is 32.4 Å². The number of nitrogens with zero attached hydrogens (tertiary/aromatic N) is 2. The third kappa shape index (κ3) is 2.65. The summed E-state index contributed by atoms with van der Waals surface area (Å²) in [5, 5.41) is 9.04. The van der Waals surface area contributed by atoms with Crippen molar-refractivity contribution in [2.24, 2.45) is 5.92 Å². The van der Waals surface area contributed by atoms with Gasteiger partial charge in [0, 0.05) is 24.5 Å². The Labute approximate surface area is 128 Å². The molecule has 1 aromatic carbocycles. The first kappa shape index (κ1) is 14.8. The molecule has 2 aliphatic rings. The molecule has 22 heavy (non-hydrogen) atoms. The van der Waals surface area contributed by atoms with Crippen LogP contribution >= 0.6 is 0 Å². The van der Waals surface area contributed by atoms with E-state index in [-0.39, 0.29) is 18.4 Å². The van der Waals surface area contributed by atoms with Crippen LogP contribution in [0, 0.1) is 5.92 Å². The number of hydrogen-bond donors (Lipinski definition) is 1. The van der Waals surface area contributed by atoms with Gasteiger partial charge in [0.2, 0.25) is 5.91 Å². The van der Waals surface area contributed by atoms with Gasteiger partial charge in [-0.3, -0.25) is 9.59 Å². The fraction of sp³-hybridized carbons (Fsp3) is 0.500. The third-order valence-corrected chi connectivity index (χ3v) is 4.51. The van der Waals surface area contributed by atoms with Crippen molar-refractivity contribution in [1.29, 1.82) is 0 Å². The second kappa shape index (κ2) is 5.94. The Morgan fingerprint density at radius 1 is 1.32 bits per heavy atom. The normalized spacial score (nSPS) is 18.7.